The lowest BCUT2D eigenvalue weighted by molar-refractivity contribution is 0.0908. The third-order valence-corrected chi connectivity index (χ3v) is 4.71. The number of carbonyl (C=O) groups excluding carboxylic acids is 1. The van der Waals surface area contributed by atoms with Crippen molar-refractivity contribution in [3.63, 3.8) is 0 Å². The van der Waals surface area contributed by atoms with E-state index in [9.17, 15) is 9.18 Å². The highest BCUT2D eigenvalue weighted by Gasteiger charge is 2.35. The molecule has 0 atom stereocenters. The van der Waals surface area contributed by atoms with E-state index in [-0.39, 0.29) is 15.9 Å². The van der Waals surface area contributed by atoms with Gasteiger partial charge in [-0.1, -0.05) is 18.9 Å². The Morgan fingerprint density at radius 1 is 1.44 bits per heavy atom. The Kier molecular flexibility index (Phi) is 4.28. The summed E-state index contributed by atoms with van der Waals surface area (Å²) in [5.41, 5.74) is -0.0175. The molecule has 0 aliphatic heterocycles. The third kappa shape index (κ3) is 2.69. The van der Waals surface area contributed by atoms with Gasteiger partial charge in [0.15, 0.2) is 0 Å². The van der Waals surface area contributed by atoms with Crippen LogP contribution in [0.25, 0.3) is 0 Å². The topological polar surface area (TPSA) is 29.1 Å². The van der Waals surface area contributed by atoms with Crippen LogP contribution in [0.15, 0.2) is 22.7 Å². The molecule has 1 aliphatic carbocycles. The highest BCUT2D eigenvalue weighted by atomic mass is 79.9. The number of benzene rings is 1. The standard InChI is InChI=1S/C13H14BrClFNO/c14-11-9(4-3-5-10(11)16)12(18)17-13(8-15)6-1-2-7-13/h3-5H,1-2,6-8H2,(H,17,18). The first-order valence-electron chi connectivity index (χ1n) is 5.90. The van der Waals surface area contributed by atoms with E-state index >= 15 is 0 Å². The number of hydrogen-bond donors (Lipinski definition) is 1. The van der Waals surface area contributed by atoms with Crippen LogP contribution in [0.1, 0.15) is 36.0 Å². The van der Waals surface area contributed by atoms with Crippen molar-refractivity contribution in [2.75, 3.05) is 5.88 Å². The summed E-state index contributed by atoms with van der Waals surface area (Å²) in [5.74, 6) is -0.316. The SMILES string of the molecule is O=C(NC1(CCl)CCCC1)c1cccc(F)c1Br. The first-order valence-corrected chi connectivity index (χ1v) is 7.23. The molecule has 2 rings (SSSR count). The van der Waals surface area contributed by atoms with Crippen molar-refractivity contribution in [2.24, 2.45) is 0 Å². The van der Waals surface area contributed by atoms with Crippen molar-refractivity contribution < 1.29 is 9.18 Å². The average Bonchev–Trinajstić information content (AvgIpc) is 2.81. The van der Waals surface area contributed by atoms with Crippen LogP contribution < -0.4 is 5.32 Å². The van der Waals surface area contributed by atoms with Gasteiger partial charge in [0.05, 0.1) is 15.6 Å². The summed E-state index contributed by atoms with van der Waals surface area (Å²) in [6.45, 7) is 0. The fourth-order valence-corrected chi connectivity index (χ4v) is 3.11. The van der Waals surface area contributed by atoms with Crippen LogP contribution >= 0.6 is 27.5 Å². The summed E-state index contributed by atoms with van der Waals surface area (Å²) in [6, 6.07) is 4.43. The number of amides is 1. The van der Waals surface area contributed by atoms with Crippen LogP contribution in [0.4, 0.5) is 4.39 Å². The second kappa shape index (κ2) is 5.57. The van der Waals surface area contributed by atoms with Crippen molar-refractivity contribution in [1.82, 2.24) is 5.32 Å². The zero-order chi connectivity index (χ0) is 13.2. The molecule has 0 bridgehead atoms. The van der Waals surface area contributed by atoms with Gasteiger partial charge >= 0.3 is 0 Å². The van der Waals surface area contributed by atoms with Gasteiger partial charge in [0.25, 0.3) is 5.91 Å². The zero-order valence-electron chi connectivity index (χ0n) is 9.81. The molecule has 1 aromatic rings. The van der Waals surface area contributed by atoms with E-state index in [4.69, 9.17) is 11.6 Å². The van der Waals surface area contributed by atoms with Crippen molar-refractivity contribution in [2.45, 2.75) is 31.2 Å². The minimum atomic E-state index is -0.436. The summed E-state index contributed by atoms with van der Waals surface area (Å²) in [7, 11) is 0. The summed E-state index contributed by atoms with van der Waals surface area (Å²) in [4.78, 5) is 12.2. The maximum Gasteiger partial charge on any atom is 0.253 e. The third-order valence-electron chi connectivity index (χ3n) is 3.39. The molecule has 2 nitrogen and oxygen atoms in total. The zero-order valence-corrected chi connectivity index (χ0v) is 12.2. The van der Waals surface area contributed by atoms with Gasteiger partial charge in [-0.3, -0.25) is 4.79 Å². The number of hydrogen-bond acceptors (Lipinski definition) is 1. The molecule has 0 radical (unpaired) electrons. The molecule has 0 spiro atoms. The highest BCUT2D eigenvalue weighted by Crippen LogP contribution is 2.31. The van der Waals surface area contributed by atoms with Crippen LogP contribution in [-0.2, 0) is 0 Å². The second-order valence-electron chi connectivity index (χ2n) is 4.68. The van der Waals surface area contributed by atoms with Crippen LogP contribution in [0, 0.1) is 5.82 Å². The van der Waals surface area contributed by atoms with E-state index in [0.29, 0.717) is 11.4 Å². The van der Waals surface area contributed by atoms with E-state index in [1.807, 2.05) is 0 Å². The van der Waals surface area contributed by atoms with E-state index in [1.54, 1.807) is 6.07 Å². The number of nitrogens with one attached hydrogen (secondary N) is 1. The largest absolute Gasteiger partial charge is 0.345 e. The molecule has 98 valence electrons. The number of halogens is 3. The van der Waals surface area contributed by atoms with Gasteiger partial charge in [-0.15, -0.1) is 11.6 Å². The van der Waals surface area contributed by atoms with E-state index in [2.05, 4.69) is 21.2 Å². The molecule has 1 N–H and O–H groups in total. The summed E-state index contributed by atoms with van der Waals surface area (Å²) in [5, 5.41) is 2.96. The fourth-order valence-electron chi connectivity index (χ4n) is 2.33. The van der Waals surface area contributed by atoms with Crippen LogP contribution in [0.5, 0.6) is 0 Å². The van der Waals surface area contributed by atoms with Gasteiger partial charge in [-0.05, 0) is 40.9 Å². The Hall–Kier alpha value is -0.610. The molecule has 0 saturated heterocycles. The quantitative estimate of drug-likeness (QED) is 0.835. The Labute approximate surface area is 119 Å². The summed E-state index contributed by atoms with van der Waals surface area (Å²) < 4.78 is 13.6. The molecule has 0 heterocycles. The lowest BCUT2D eigenvalue weighted by atomic mass is 9.99. The van der Waals surface area contributed by atoms with Gasteiger partial charge < -0.3 is 5.32 Å². The molecular formula is C13H14BrClFNO. The lowest BCUT2D eigenvalue weighted by Gasteiger charge is -2.28. The minimum absolute atomic E-state index is 0.199. The predicted molar refractivity (Wildman–Crippen MR) is 73.5 cm³/mol. The lowest BCUT2D eigenvalue weighted by Crippen LogP contribution is -2.48. The molecule has 1 fully saturated rings. The normalized spacial score (nSPS) is 17.7. The van der Waals surface area contributed by atoms with Gasteiger partial charge in [0.2, 0.25) is 0 Å². The summed E-state index contributed by atoms with van der Waals surface area (Å²) >= 11 is 9.07. The number of carbonyl (C=O) groups is 1. The van der Waals surface area contributed by atoms with Gasteiger partial charge in [-0.25, -0.2) is 4.39 Å². The van der Waals surface area contributed by atoms with Crippen molar-refractivity contribution >= 4 is 33.4 Å². The summed E-state index contributed by atoms with van der Waals surface area (Å²) in [6.07, 6.45) is 3.90. The number of alkyl halides is 1. The molecular weight excluding hydrogens is 321 g/mol. The van der Waals surface area contributed by atoms with E-state index in [0.717, 1.165) is 25.7 Å². The average molecular weight is 335 g/mol. The van der Waals surface area contributed by atoms with Crippen molar-refractivity contribution in [3.8, 4) is 0 Å². The molecule has 1 amide bonds. The molecule has 5 heteroatoms. The predicted octanol–water partition coefficient (Wildman–Crippen LogP) is 3.87. The molecule has 1 aliphatic rings. The first-order chi connectivity index (χ1) is 8.58. The maximum absolute atomic E-state index is 13.4. The van der Waals surface area contributed by atoms with Crippen LogP contribution in [-0.4, -0.2) is 17.3 Å². The Morgan fingerprint density at radius 3 is 2.72 bits per heavy atom. The fraction of sp³-hybridized carbons (Fsp3) is 0.462. The molecule has 0 aromatic heterocycles. The molecule has 18 heavy (non-hydrogen) atoms. The monoisotopic (exact) mass is 333 g/mol. The first kappa shape index (κ1) is 13.8. The Morgan fingerprint density at radius 2 is 2.11 bits per heavy atom. The minimum Gasteiger partial charge on any atom is -0.345 e. The van der Waals surface area contributed by atoms with Crippen molar-refractivity contribution in [3.05, 3.63) is 34.1 Å². The second-order valence-corrected chi connectivity index (χ2v) is 5.74. The molecule has 1 saturated carbocycles. The van der Waals surface area contributed by atoms with Crippen LogP contribution in [0.2, 0.25) is 0 Å². The van der Waals surface area contributed by atoms with E-state index < -0.39 is 5.82 Å². The molecule has 1 aromatic carbocycles. The Bertz CT molecular complexity index is 460. The van der Waals surface area contributed by atoms with Gasteiger partial charge in [0, 0.05) is 5.88 Å². The van der Waals surface area contributed by atoms with Gasteiger partial charge in [-0.2, -0.15) is 0 Å². The Balaban J connectivity index is 2.19. The smallest absolute Gasteiger partial charge is 0.253 e. The van der Waals surface area contributed by atoms with Crippen molar-refractivity contribution in [1.29, 1.82) is 0 Å². The van der Waals surface area contributed by atoms with Gasteiger partial charge in [0.1, 0.15) is 5.82 Å². The maximum atomic E-state index is 13.4. The number of rotatable bonds is 3. The van der Waals surface area contributed by atoms with Crippen LogP contribution in [0.3, 0.4) is 0 Å². The van der Waals surface area contributed by atoms with E-state index in [1.165, 1.54) is 12.1 Å². The highest BCUT2D eigenvalue weighted by molar-refractivity contribution is 9.10. The molecule has 0 unspecified atom stereocenters.